The zero-order chi connectivity index (χ0) is 21.8. The molecule has 0 aliphatic rings. The van der Waals surface area contributed by atoms with Crippen LogP contribution in [0.15, 0.2) is 60.7 Å². The summed E-state index contributed by atoms with van der Waals surface area (Å²) in [6, 6.07) is 21.1. The Hall–Kier alpha value is -1.54. The topological polar surface area (TPSA) is 35.5 Å². The molecule has 0 saturated heterocycles. The Balaban J connectivity index is 2.57. The van der Waals surface area contributed by atoms with E-state index in [0.29, 0.717) is 13.0 Å². The minimum Gasteiger partial charge on any atom is -0.410 e. The first kappa shape index (κ1) is 23.7. The first-order chi connectivity index (χ1) is 13.4. The third kappa shape index (κ3) is 5.75. The average Bonchev–Trinajstić information content (AvgIpc) is 2.61. The summed E-state index contributed by atoms with van der Waals surface area (Å²) < 4.78 is 13.5. The normalized spacial score (nSPS) is 15.0. The molecule has 0 bridgehead atoms. The van der Waals surface area contributed by atoms with E-state index in [0.717, 1.165) is 6.29 Å². The van der Waals surface area contributed by atoms with Crippen molar-refractivity contribution in [3.8, 4) is 0 Å². The maximum atomic E-state index is 11.5. The largest absolute Gasteiger partial charge is 0.410 e. The van der Waals surface area contributed by atoms with Crippen LogP contribution in [0.4, 0.5) is 0 Å². The first-order valence-electron chi connectivity index (χ1n) is 10.3. The fourth-order valence-corrected chi connectivity index (χ4v) is 10.4. The molecule has 0 fully saturated rings. The predicted molar refractivity (Wildman–Crippen MR) is 127 cm³/mol. The van der Waals surface area contributed by atoms with Crippen LogP contribution in [0.3, 0.4) is 0 Å². The molecule has 0 radical (unpaired) electrons. The van der Waals surface area contributed by atoms with Crippen LogP contribution < -0.4 is 10.4 Å². The maximum Gasteiger partial charge on any atom is 0.261 e. The minimum absolute atomic E-state index is 0.100. The molecule has 2 aromatic rings. The zero-order valence-electron chi connectivity index (χ0n) is 19.0. The molecule has 158 valence electrons. The summed E-state index contributed by atoms with van der Waals surface area (Å²) in [6.07, 6.45) is 1.28. The van der Waals surface area contributed by atoms with Gasteiger partial charge in [0.15, 0.2) is 8.32 Å². The third-order valence-electron chi connectivity index (χ3n) is 5.08. The molecule has 0 unspecified atom stereocenters. The van der Waals surface area contributed by atoms with Crippen LogP contribution in [0.5, 0.6) is 0 Å². The number of carbonyl (C=O) groups excluding carboxylic acids is 1. The van der Waals surface area contributed by atoms with Gasteiger partial charge in [-0.25, -0.2) is 0 Å². The molecule has 0 aliphatic heterocycles. The number of hydrogen-bond donors (Lipinski definition) is 0. The fraction of sp³-hybridized carbons (Fsp3) is 0.458. The third-order valence-corrected chi connectivity index (χ3v) is 11.2. The lowest BCUT2D eigenvalue weighted by Gasteiger charge is -2.45. The van der Waals surface area contributed by atoms with Gasteiger partial charge in [0.1, 0.15) is 6.29 Å². The Labute approximate surface area is 178 Å². The number of aldehydes is 1. The second-order valence-corrected chi connectivity index (χ2v) is 18.7. The molecule has 2 rings (SSSR count). The van der Waals surface area contributed by atoms with Crippen molar-refractivity contribution < 1.29 is 13.6 Å². The van der Waals surface area contributed by atoms with E-state index in [-0.39, 0.29) is 5.04 Å². The SMILES string of the molecule is CC(C)(C)[Si](OC[C@](C)(CC=O)O[Si](C)(C)C)(c1ccccc1)c1ccccc1. The van der Waals surface area contributed by atoms with Crippen molar-refractivity contribution in [2.75, 3.05) is 6.61 Å². The summed E-state index contributed by atoms with van der Waals surface area (Å²) in [6.45, 7) is 15.6. The molecule has 0 amide bonds. The van der Waals surface area contributed by atoms with E-state index in [1.165, 1.54) is 10.4 Å². The lowest BCUT2D eigenvalue weighted by atomic mass is 10.1. The molecule has 0 spiro atoms. The number of hydrogen-bond acceptors (Lipinski definition) is 3. The molecule has 0 aliphatic carbocycles. The van der Waals surface area contributed by atoms with Crippen molar-refractivity contribution in [1.29, 1.82) is 0 Å². The van der Waals surface area contributed by atoms with Crippen molar-refractivity contribution in [2.45, 2.75) is 64.4 Å². The standard InChI is InChI=1S/C24H36O3Si2/c1-23(2,3)29(21-14-10-8-11-15-21,22-16-12-9-13-17-22)26-20-24(4,18-19-25)27-28(5,6)7/h8-17,19H,18,20H2,1-7H3/t24-/m0/s1. The van der Waals surface area contributed by atoms with Gasteiger partial charge in [-0.3, -0.25) is 0 Å². The molecule has 0 saturated carbocycles. The maximum absolute atomic E-state index is 11.5. The van der Waals surface area contributed by atoms with Crippen molar-refractivity contribution in [3.05, 3.63) is 60.7 Å². The van der Waals surface area contributed by atoms with Crippen molar-refractivity contribution in [3.63, 3.8) is 0 Å². The van der Waals surface area contributed by atoms with Gasteiger partial charge in [-0.2, -0.15) is 0 Å². The highest BCUT2D eigenvalue weighted by molar-refractivity contribution is 6.99. The summed E-state index contributed by atoms with van der Waals surface area (Å²) in [7, 11) is -4.50. The van der Waals surface area contributed by atoms with Gasteiger partial charge < -0.3 is 13.6 Å². The van der Waals surface area contributed by atoms with Crippen LogP contribution in [0, 0.1) is 0 Å². The van der Waals surface area contributed by atoms with Gasteiger partial charge in [-0.1, -0.05) is 81.4 Å². The molecule has 3 nitrogen and oxygen atoms in total. The molecule has 0 N–H and O–H groups in total. The average molecular weight is 429 g/mol. The lowest BCUT2D eigenvalue weighted by molar-refractivity contribution is -0.112. The van der Waals surface area contributed by atoms with Gasteiger partial charge in [-0.05, 0) is 42.0 Å². The molecule has 0 aromatic heterocycles. The van der Waals surface area contributed by atoms with Crippen LogP contribution in [0.25, 0.3) is 0 Å². The molecule has 29 heavy (non-hydrogen) atoms. The summed E-state index contributed by atoms with van der Waals surface area (Å²) in [5.41, 5.74) is -0.626. The summed E-state index contributed by atoms with van der Waals surface area (Å²) in [5, 5.41) is 2.37. The number of carbonyl (C=O) groups is 1. The highest BCUT2D eigenvalue weighted by atomic mass is 28.4. The van der Waals surface area contributed by atoms with E-state index in [2.05, 4.69) is 88.9 Å². The highest BCUT2D eigenvalue weighted by Crippen LogP contribution is 2.38. The molecule has 5 heteroatoms. The monoisotopic (exact) mass is 428 g/mol. The zero-order valence-corrected chi connectivity index (χ0v) is 21.0. The van der Waals surface area contributed by atoms with Crippen molar-refractivity contribution in [2.24, 2.45) is 0 Å². The Morgan fingerprint density at radius 2 is 1.28 bits per heavy atom. The fourth-order valence-electron chi connectivity index (χ4n) is 4.07. The Bertz CT molecular complexity index is 740. The van der Waals surface area contributed by atoms with Crippen LogP contribution >= 0.6 is 0 Å². The van der Waals surface area contributed by atoms with Crippen LogP contribution in [-0.4, -0.2) is 35.1 Å². The lowest BCUT2D eigenvalue weighted by Crippen LogP contribution is -2.67. The van der Waals surface area contributed by atoms with Crippen LogP contribution in [0.1, 0.15) is 34.1 Å². The van der Waals surface area contributed by atoms with E-state index >= 15 is 0 Å². The van der Waals surface area contributed by atoms with Crippen molar-refractivity contribution in [1.82, 2.24) is 0 Å². The van der Waals surface area contributed by atoms with E-state index < -0.39 is 22.2 Å². The van der Waals surface area contributed by atoms with E-state index in [4.69, 9.17) is 8.85 Å². The first-order valence-corrected chi connectivity index (χ1v) is 15.6. The van der Waals surface area contributed by atoms with Gasteiger partial charge >= 0.3 is 0 Å². The Kier molecular flexibility index (Phi) is 7.44. The van der Waals surface area contributed by atoms with E-state index in [9.17, 15) is 4.79 Å². The second kappa shape index (κ2) is 9.08. The molecule has 2 aromatic carbocycles. The summed E-state index contributed by atoms with van der Waals surface area (Å²) in [5.74, 6) is 0. The van der Waals surface area contributed by atoms with E-state index in [1.54, 1.807) is 0 Å². The van der Waals surface area contributed by atoms with Gasteiger partial charge in [0.25, 0.3) is 8.32 Å². The minimum atomic E-state index is -2.64. The molecule has 0 heterocycles. The number of benzene rings is 2. The summed E-state index contributed by atoms with van der Waals surface area (Å²) in [4.78, 5) is 11.5. The molecule has 1 atom stereocenters. The van der Waals surface area contributed by atoms with Gasteiger partial charge in [0, 0.05) is 6.42 Å². The smallest absolute Gasteiger partial charge is 0.261 e. The van der Waals surface area contributed by atoms with Crippen LogP contribution in [0.2, 0.25) is 24.7 Å². The quantitative estimate of drug-likeness (QED) is 0.427. The van der Waals surface area contributed by atoms with Crippen LogP contribution in [-0.2, 0) is 13.6 Å². The Morgan fingerprint density at radius 1 is 0.828 bits per heavy atom. The van der Waals surface area contributed by atoms with Gasteiger partial charge in [0.2, 0.25) is 0 Å². The highest BCUT2D eigenvalue weighted by Gasteiger charge is 2.51. The molecular formula is C24H36O3Si2. The van der Waals surface area contributed by atoms with Gasteiger partial charge in [0.05, 0.1) is 12.2 Å². The Morgan fingerprint density at radius 3 is 1.62 bits per heavy atom. The molecular weight excluding hydrogens is 392 g/mol. The number of rotatable bonds is 9. The second-order valence-electron chi connectivity index (χ2n) is 9.99. The van der Waals surface area contributed by atoms with Crippen molar-refractivity contribution >= 4 is 33.3 Å². The summed E-state index contributed by atoms with van der Waals surface area (Å²) >= 11 is 0. The van der Waals surface area contributed by atoms with E-state index in [1.807, 2.05) is 19.1 Å². The predicted octanol–water partition coefficient (Wildman–Crippen LogP) is 4.76. The van der Waals surface area contributed by atoms with Gasteiger partial charge in [-0.15, -0.1) is 0 Å².